The molecule has 0 saturated carbocycles. The van der Waals surface area contributed by atoms with Gasteiger partial charge in [-0.15, -0.1) is 0 Å². The molecule has 0 aliphatic heterocycles. The third-order valence-corrected chi connectivity index (χ3v) is 3.53. The van der Waals surface area contributed by atoms with Crippen LogP contribution in [-0.2, 0) is 4.79 Å². The van der Waals surface area contributed by atoms with E-state index in [-0.39, 0.29) is 17.3 Å². The van der Waals surface area contributed by atoms with Crippen molar-refractivity contribution in [1.82, 2.24) is 15.5 Å². The summed E-state index contributed by atoms with van der Waals surface area (Å²) in [4.78, 5) is 16.4. The van der Waals surface area contributed by atoms with Crippen LogP contribution in [0.15, 0.2) is 65.2 Å². The van der Waals surface area contributed by atoms with E-state index in [0.29, 0.717) is 5.89 Å². The Morgan fingerprint density at radius 2 is 1.88 bits per heavy atom. The standard InChI is InChI=1S/C19H16FN3O2/c1-13-21-19(23-25-13)18(15-9-5-6-10-16(15)20)22-17(24)12-11-14-7-3-2-4-8-14/h2-12,18H,1H3,(H,22,24)/b12-11+/t18-/m0/s1. The number of benzene rings is 2. The molecule has 1 aromatic heterocycles. The lowest BCUT2D eigenvalue weighted by molar-refractivity contribution is -0.117. The normalized spacial score (nSPS) is 12.2. The molecule has 126 valence electrons. The van der Waals surface area contributed by atoms with Gasteiger partial charge >= 0.3 is 0 Å². The van der Waals surface area contributed by atoms with Gasteiger partial charge in [0.05, 0.1) is 0 Å². The molecule has 3 rings (SSSR count). The van der Waals surface area contributed by atoms with Crippen molar-refractivity contribution < 1.29 is 13.7 Å². The highest BCUT2D eigenvalue weighted by Gasteiger charge is 2.23. The van der Waals surface area contributed by atoms with Crippen molar-refractivity contribution in [2.45, 2.75) is 13.0 Å². The first kappa shape index (κ1) is 16.6. The van der Waals surface area contributed by atoms with Gasteiger partial charge in [0.2, 0.25) is 11.8 Å². The topological polar surface area (TPSA) is 68.0 Å². The number of aryl methyl sites for hydroxylation is 1. The molecular weight excluding hydrogens is 321 g/mol. The van der Waals surface area contributed by atoms with E-state index in [1.54, 1.807) is 31.2 Å². The Hall–Kier alpha value is -3.28. The number of carbonyl (C=O) groups excluding carboxylic acids is 1. The van der Waals surface area contributed by atoms with Gasteiger partial charge in [-0.25, -0.2) is 4.39 Å². The quantitative estimate of drug-likeness (QED) is 0.724. The smallest absolute Gasteiger partial charge is 0.244 e. The number of nitrogens with zero attached hydrogens (tertiary/aromatic N) is 2. The summed E-state index contributed by atoms with van der Waals surface area (Å²) in [5.74, 6) is -0.309. The number of aromatic nitrogens is 2. The van der Waals surface area contributed by atoms with Crippen LogP contribution in [0.3, 0.4) is 0 Å². The van der Waals surface area contributed by atoms with Crippen molar-refractivity contribution in [3.05, 3.63) is 89.3 Å². The minimum atomic E-state index is -0.841. The number of rotatable bonds is 5. The van der Waals surface area contributed by atoms with E-state index in [1.807, 2.05) is 30.3 Å². The van der Waals surface area contributed by atoms with Gasteiger partial charge in [-0.05, 0) is 17.7 Å². The second-order valence-corrected chi connectivity index (χ2v) is 5.38. The summed E-state index contributed by atoms with van der Waals surface area (Å²) in [6.07, 6.45) is 3.06. The molecule has 1 amide bonds. The number of amides is 1. The lowest BCUT2D eigenvalue weighted by atomic mass is 10.1. The van der Waals surface area contributed by atoms with Gasteiger partial charge in [-0.1, -0.05) is 53.7 Å². The molecule has 0 aliphatic carbocycles. The predicted octanol–water partition coefficient (Wildman–Crippen LogP) is 3.44. The average Bonchev–Trinajstić information content (AvgIpc) is 3.06. The van der Waals surface area contributed by atoms with Gasteiger partial charge in [-0.2, -0.15) is 4.98 Å². The molecule has 0 saturated heterocycles. The van der Waals surface area contributed by atoms with Crippen molar-refractivity contribution in [1.29, 1.82) is 0 Å². The van der Waals surface area contributed by atoms with E-state index >= 15 is 0 Å². The largest absolute Gasteiger partial charge is 0.340 e. The molecule has 5 nitrogen and oxygen atoms in total. The van der Waals surface area contributed by atoms with E-state index in [0.717, 1.165) is 5.56 Å². The Labute approximate surface area is 144 Å². The molecule has 0 spiro atoms. The van der Waals surface area contributed by atoms with Crippen LogP contribution in [-0.4, -0.2) is 16.0 Å². The molecule has 2 aromatic carbocycles. The number of hydrogen-bond donors (Lipinski definition) is 1. The van der Waals surface area contributed by atoms with E-state index in [4.69, 9.17) is 4.52 Å². The molecule has 3 aromatic rings. The molecule has 0 fully saturated rings. The zero-order valence-electron chi connectivity index (χ0n) is 13.5. The third kappa shape index (κ3) is 4.17. The predicted molar refractivity (Wildman–Crippen MR) is 90.9 cm³/mol. The lowest BCUT2D eigenvalue weighted by Gasteiger charge is -2.15. The van der Waals surface area contributed by atoms with E-state index < -0.39 is 11.9 Å². The summed E-state index contributed by atoms with van der Waals surface area (Å²) < 4.78 is 19.1. The zero-order valence-corrected chi connectivity index (χ0v) is 13.5. The van der Waals surface area contributed by atoms with Crippen LogP contribution >= 0.6 is 0 Å². The van der Waals surface area contributed by atoms with Crippen molar-refractivity contribution in [2.24, 2.45) is 0 Å². The first-order valence-electron chi connectivity index (χ1n) is 7.72. The number of halogens is 1. The summed E-state index contributed by atoms with van der Waals surface area (Å²) in [5.41, 5.74) is 1.15. The Kier molecular flexibility index (Phi) is 4.99. The van der Waals surface area contributed by atoms with Crippen LogP contribution in [0.5, 0.6) is 0 Å². The molecule has 1 atom stereocenters. The van der Waals surface area contributed by atoms with Crippen LogP contribution in [0.4, 0.5) is 4.39 Å². The highest BCUT2D eigenvalue weighted by atomic mass is 19.1. The highest BCUT2D eigenvalue weighted by Crippen LogP contribution is 2.22. The number of nitrogens with one attached hydrogen (secondary N) is 1. The van der Waals surface area contributed by atoms with E-state index in [2.05, 4.69) is 15.5 Å². The summed E-state index contributed by atoms with van der Waals surface area (Å²) in [6.45, 7) is 1.63. The van der Waals surface area contributed by atoms with Gasteiger partial charge in [0.25, 0.3) is 0 Å². The minimum Gasteiger partial charge on any atom is -0.340 e. The summed E-state index contributed by atoms with van der Waals surface area (Å²) in [6, 6.07) is 14.7. The molecule has 6 heteroatoms. The maximum Gasteiger partial charge on any atom is 0.244 e. The molecule has 25 heavy (non-hydrogen) atoms. The zero-order chi connectivity index (χ0) is 17.6. The van der Waals surface area contributed by atoms with Crippen molar-refractivity contribution in [3.63, 3.8) is 0 Å². The SMILES string of the molecule is Cc1nc([C@@H](NC(=O)/C=C/c2ccccc2)c2ccccc2F)no1. The van der Waals surface area contributed by atoms with E-state index in [9.17, 15) is 9.18 Å². The first-order chi connectivity index (χ1) is 12.1. The van der Waals surface area contributed by atoms with Crippen molar-refractivity contribution >= 4 is 12.0 Å². The van der Waals surface area contributed by atoms with Gasteiger partial charge < -0.3 is 9.84 Å². The Bertz CT molecular complexity index is 890. The van der Waals surface area contributed by atoms with Gasteiger partial charge in [-0.3, -0.25) is 4.79 Å². The molecule has 1 heterocycles. The first-order valence-corrected chi connectivity index (χ1v) is 7.72. The molecule has 0 aliphatic rings. The monoisotopic (exact) mass is 337 g/mol. The minimum absolute atomic E-state index is 0.198. The van der Waals surface area contributed by atoms with Crippen LogP contribution in [0, 0.1) is 12.7 Å². The molecule has 0 bridgehead atoms. The summed E-state index contributed by atoms with van der Waals surface area (Å²) in [7, 11) is 0. The second kappa shape index (κ2) is 7.53. The fourth-order valence-corrected chi connectivity index (χ4v) is 2.35. The molecular formula is C19H16FN3O2. The van der Waals surface area contributed by atoms with Gasteiger partial charge in [0, 0.05) is 18.6 Å². The fraction of sp³-hybridized carbons (Fsp3) is 0.105. The Morgan fingerprint density at radius 1 is 1.16 bits per heavy atom. The maximum atomic E-state index is 14.2. The van der Waals surface area contributed by atoms with Crippen LogP contribution in [0.2, 0.25) is 0 Å². The van der Waals surface area contributed by atoms with Crippen LogP contribution < -0.4 is 5.32 Å². The average molecular weight is 337 g/mol. The van der Waals surface area contributed by atoms with Crippen LogP contribution in [0.1, 0.15) is 28.9 Å². The second-order valence-electron chi connectivity index (χ2n) is 5.38. The third-order valence-electron chi connectivity index (χ3n) is 3.53. The van der Waals surface area contributed by atoms with Crippen LogP contribution in [0.25, 0.3) is 6.08 Å². The maximum absolute atomic E-state index is 14.2. The van der Waals surface area contributed by atoms with Gasteiger partial charge in [0.1, 0.15) is 11.9 Å². The Balaban J connectivity index is 1.84. The van der Waals surface area contributed by atoms with Gasteiger partial charge in [0.15, 0.2) is 5.82 Å². The van der Waals surface area contributed by atoms with E-state index in [1.165, 1.54) is 12.1 Å². The molecule has 0 radical (unpaired) electrons. The summed E-state index contributed by atoms with van der Waals surface area (Å²) >= 11 is 0. The lowest BCUT2D eigenvalue weighted by Crippen LogP contribution is -2.29. The van der Waals surface area contributed by atoms with Crippen molar-refractivity contribution in [2.75, 3.05) is 0 Å². The van der Waals surface area contributed by atoms with Crippen molar-refractivity contribution in [3.8, 4) is 0 Å². The Morgan fingerprint density at radius 3 is 2.56 bits per heavy atom. The highest BCUT2D eigenvalue weighted by molar-refractivity contribution is 5.92. The number of carbonyl (C=O) groups is 1. The molecule has 0 unspecified atom stereocenters. The summed E-state index contributed by atoms with van der Waals surface area (Å²) in [5, 5.41) is 6.54. The number of hydrogen-bond acceptors (Lipinski definition) is 4. The fourth-order valence-electron chi connectivity index (χ4n) is 2.35. The molecule has 1 N–H and O–H groups in total.